The fraction of sp³-hybridized carbons (Fsp3) is 0.133. The van der Waals surface area contributed by atoms with E-state index in [2.05, 4.69) is 15.0 Å². The number of para-hydroxylation sites is 1. The quantitative estimate of drug-likeness (QED) is 0.759. The van der Waals surface area contributed by atoms with Gasteiger partial charge in [0.05, 0.1) is 5.52 Å². The van der Waals surface area contributed by atoms with Gasteiger partial charge in [0.1, 0.15) is 5.82 Å². The van der Waals surface area contributed by atoms with Gasteiger partial charge < -0.3 is 5.73 Å². The number of fused-ring (bicyclic) bond motifs is 1. The molecule has 3 rings (SSSR count). The highest BCUT2D eigenvalue weighted by atomic mass is 14.9. The van der Waals surface area contributed by atoms with Crippen LogP contribution >= 0.6 is 0 Å². The highest BCUT2D eigenvalue weighted by Gasteiger charge is 2.09. The van der Waals surface area contributed by atoms with Crippen LogP contribution in [0.4, 0.5) is 5.82 Å². The van der Waals surface area contributed by atoms with Gasteiger partial charge in [0.15, 0.2) is 5.82 Å². The molecule has 0 aliphatic rings. The Morgan fingerprint density at radius 1 is 1.11 bits per heavy atom. The average Bonchev–Trinajstić information content (AvgIpc) is 2.46. The molecule has 1 aromatic carbocycles. The van der Waals surface area contributed by atoms with Crippen molar-refractivity contribution in [3.63, 3.8) is 0 Å². The number of aromatic nitrogens is 3. The highest BCUT2D eigenvalue weighted by molar-refractivity contribution is 5.91. The van der Waals surface area contributed by atoms with E-state index in [4.69, 9.17) is 5.73 Å². The molecule has 94 valence electrons. The molecule has 0 bridgehead atoms. The summed E-state index contributed by atoms with van der Waals surface area (Å²) >= 11 is 0. The van der Waals surface area contributed by atoms with Crippen molar-refractivity contribution in [2.24, 2.45) is 0 Å². The van der Waals surface area contributed by atoms with Gasteiger partial charge in [-0.05, 0) is 18.6 Å². The summed E-state index contributed by atoms with van der Waals surface area (Å²) in [5.74, 6) is 1.14. The van der Waals surface area contributed by atoms with Crippen molar-refractivity contribution in [3.05, 3.63) is 48.3 Å². The van der Waals surface area contributed by atoms with Crippen molar-refractivity contribution in [3.8, 4) is 11.4 Å². The van der Waals surface area contributed by atoms with Gasteiger partial charge in [-0.3, -0.25) is 4.98 Å². The first kappa shape index (κ1) is 11.6. The Bertz CT molecular complexity index is 732. The predicted molar refractivity (Wildman–Crippen MR) is 76.6 cm³/mol. The third-order valence-corrected chi connectivity index (χ3v) is 3.03. The first-order valence-corrected chi connectivity index (χ1v) is 6.25. The molecule has 0 saturated carbocycles. The van der Waals surface area contributed by atoms with Gasteiger partial charge in [0.25, 0.3) is 0 Å². The predicted octanol–water partition coefficient (Wildman–Crippen LogP) is 2.84. The maximum Gasteiger partial charge on any atom is 0.163 e. The van der Waals surface area contributed by atoms with Crippen LogP contribution in [0.25, 0.3) is 22.3 Å². The molecule has 3 aromatic rings. The van der Waals surface area contributed by atoms with Crippen LogP contribution in [0, 0.1) is 0 Å². The van der Waals surface area contributed by atoms with Crippen LogP contribution in [0.3, 0.4) is 0 Å². The minimum Gasteiger partial charge on any atom is -0.384 e. The van der Waals surface area contributed by atoms with Gasteiger partial charge in [-0.1, -0.05) is 25.1 Å². The number of hydrogen-bond donors (Lipinski definition) is 1. The molecular weight excluding hydrogens is 236 g/mol. The first-order valence-electron chi connectivity index (χ1n) is 6.25. The van der Waals surface area contributed by atoms with Crippen molar-refractivity contribution >= 4 is 16.7 Å². The lowest BCUT2D eigenvalue weighted by Crippen LogP contribution is -2.00. The lowest BCUT2D eigenvalue weighted by molar-refractivity contribution is 1.01. The molecule has 0 atom stereocenters. The van der Waals surface area contributed by atoms with Crippen molar-refractivity contribution in [1.82, 2.24) is 15.0 Å². The molecule has 0 saturated heterocycles. The van der Waals surface area contributed by atoms with Gasteiger partial charge >= 0.3 is 0 Å². The highest BCUT2D eigenvalue weighted by Crippen LogP contribution is 2.25. The van der Waals surface area contributed by atoms with Gasteiger partial charge in [0.2, 0.25) is 0 Å². The van der Waals surface area contributed by atoms with E-state index >= 15 is 0 Å². The second-order valence-electron chi connectivity index (χ2n) is 4.34. The van der Waals surface area contributed by atoms with Crippen LogP contribution in [0.1, 0.15) is 12.6 Å². The molecule has 0 unspecified atom stereocenters. The van der Waals surface area contributed by atoms with Gasteiger partial charge in [-0.25, -0.2) is 9.97 Å². The minimum atomic E-state index is 0.495. The summed E-state index contributed by atoms with van der Waals surface area (Å²) in [5, 5.41) is 1.07. The number of anilines is 1. The van der Waals surface area contributed by atoms with Crippen molar-refractivity contribution in [2.75, 3.05) is 5.73 Å². The normalized spacial score (nSPS) is 10.8. The number of hydrogen-bond acceptors (Lipinski definition) is 4. The van der Waals surface area contributed by atoms with E-state index in [1.54, 1.807) is 6.20 Å². The molecule has 2 heterocycles. The fourth-order valence-corrected chi connectivity index (χ4v) is 2.10. The van der Waals surface area contributed by atoms with Gasteiger partial charge in [-0.15, -0.1) is 0 Å². The number of pyridine rings is 1. The number of benzene rings is 1. The van der Waals surface area contributed by atoms with Crippen LogP contribution in [0.2, 0.25) is 0 Å². The Balaban J connectivity index is 2.27. The molecule has 2 aromatic heterocycles. The van der Waals surface area contributed by atoms with E-state index in [-0.39, 0.29) is 0 Å². The van der Waals surface area contributed by atoms with E-state index in [1.807, 2.05) is 43.3 Å². The van der Waals surface area contributed by atoms with Crippen molar-refractivity contribution < 1.29 is 0 Å². The smallest absolute Gasteiger partial charge is 0.163 e. The molecule has 19 heavy (non-hydrogen) atoms. The fourth-order valence-electron chi connectivity index (χ4n) is 2.10. The molecular formula is C15H14N4. The Morgan fingerprint density at radius 3 is 2.79 bits per heavy atom. The summed E-state index contributed by atoms with van der Waals surface area (Å²) in [6, 6.07) is 11.7. The lowest BCUT2D eigenvalue weighted by atomic mass is 10.1. The average molecular weight is 250 g/mol. The topological polar surface area (TPSA) is 64.7 Å². The zero-order valence-corrected chi connectivity index (χ0v) is 10.7. The summed E-state index contributed by atoms with van der Waals surface area (Å²) in [4.78, 5) is 13.3. The summed E-state index contributed by atoms with van der Waals surface area (Å²) in [5.41, 5.74) is 8.60. The van der Waals surface area contributed by atoms with Gasteiger partial charge in [-0.2, -0.15) is 0 Å². The van der Waals surface area contributed by atoms with Crippen molar-refractivity contribution in [2.45, 2.75) is 13.3 Å². The molecule has 4 nitrogen and oxygen atoms in total. The van der Waals surface area contributed by atoms with Crippen LogP contribution < -0.4 is 5.73 Å². The molecule has 2 N–H and O–H groups in total. The van der Waals surface area contributed by atoms with E-state index in [1.165, 1.54) is 0 Å². The number of nitrogen functional groups attached to an aromatic ring is 1. The standard InChI is InChI=1S/C15H14N4/c1-2-11-9-13(16)19-15(18-11)12-7-3-5-10-6-4-8-17-14(10)12/h3-9H,2H2,1H3,(H2,16,18,19). The first-order chi connectivity index (χ1) is 9.28. The summed E-state index contributed by atoms with van der Waals surface area (Å²) in [6.07, 6.45) is 2.61. The van der Waals surface area contributed by atoms with Gasteiger partial charge in [0, 0.05) is 28.9 Å². The van der Waals surface area contributed by atoms with E-state index < -0.39 is 0 Å². The molecule has 4 heteroatoms. The zero-order chi connectivity index (χ0) is 13.2. The second kappa shape index (κ2) is 4.65. The molecule has 0 fully saturated rings. The van der Waals surface area contributed by atoms with Crippen molar-refractivity contribution in [1.29, 1.82) is 0 Å². The lowest BCUT2D eigenvalue weighted by Gasteiger charge is -2.07. The second-order valence-corrected chi connectivity index (χ2v) is 4.34. The number of aryl methyl sites for hydroxylation is 1. The molecule has 0 aliphatic carbocycles. The Hall–Kier alpha value is -2.49. The van der Waals surface area contributed by atoms with E-state index in [0.717, 1.165) is 28.6 Å². The van der Waals surface area contributed by atoms with E-state index in [0.29, 0.717) is 11.6 Å². The minimum absolute atomic E-state index is 0.495. The van der Waals surface area contributed by atoms with Crippen LogP contribution in [-0.4, -0.2) is 15.0 Å². The Morgan fingerprint density at radius 2 is 1.95 bits per heavy atom. The maximum absolute atomic E-state index is 5.84. The number of rotatable bonds is 2. The van der Waals surface area contributed by atoms with Crippen LogP contribution in [-0.2, 0) is 6.42 Å². The third kappa shape index (κ3) is 2.12. The number of nitrogens with zero attached hydrogens (tertiary/aromatic N) is 3. The third-order valence-electron chi connectivity index (χ3n) is 3.03. The monoisotopic (exact) mass is 250 g/mol. The van der Waals surface area contributed by atoms with Crippen LogP contribution in [0.15, 0.2) is 42.6 Å². The molecule has 0 aliphatic heterocycles. The maximum atomic E-state index is 5.84. The zero-order valence-electron chi connectivity index (χ0n) is 10.7. The summed E-state index contributed by atoms with van der Waals surface area (Å²) in [7, 11) is 0. The molecule has 0 amide bonds. The largest absolute Gasteiger partial charge is 0.384 e. The Labute approximate surface area is 111 Å². The number of nitrogens with two attached hydrogens (primary N) is 1. The summed E-state index contributed by atoms with van der Waals surface area (Å²) in [6.45, 7) is 2.05. The van der Waals surface area contributed by atoms with E-state index in [9.17, 15) is 0 Å². The summed E-state index contributed by atoms with van der Waals surface area (Å²) < 4.78 is 0. The van der Waals surface area contributed by atoms with Crippen LogP contribution in [0.5, 0.6) is 0 Å². The SMILES string of the molecule is CCc1cc(N)nc(-c2cccc3cccnc23)n1. The molecule has 0 radical (unpaired) electrons. The Kier molecular flexibility index (Phi) is 2.83. The molecule has 0 spiro atoms.